The number of carboxylic acids is 1. The van der Waals surface area contributed by atoms with Gasteiger partial charge < -0.3 is 19.9 Å². The summed E-state index contributed by atoms with van der Waals surface area (Å²) in [7, 11) is 1.46. The second-order valence-electron chi connectivity index (χ2n) is 6.21. The standard InChI is InChI=1S/C21H19BrN2O5S/c1-3-12-4-6-14(7-5-12)23-21-24-20(27)18(30-21)9-13-8-16(28-2)17(10-15(13)22)29-11-19(25)26/h4-10H,3,11H2,1-2H3,(H,25,26)(H,23,24,27). The van der Waals surface area contributed by atoms with Crippen molar-refractivity contribution in [2.45, 2.75) is 13.3 Å². The predicted molar refractivity (Wildman–Crippen MR) is 120 cm³/mol. The van der Waals surface area contributed by atoms with E-state index in [2.05, 4.69) is 33.2 Å². The van der Waals surface area contributed by atoms with Crippen LogP contribution in [0.5, 0.6) is 11.5 Å². The Labute approximate surface area is 186 Å². The van der Waals surface area contributed by atoms with Crippen LogP contribution in [0.4, 0.5) is 5.69 Å². The molecule has 1 heterocycles. The fourth-order valence-electron chi connectivity index (χ4n) is 2.62. The molecule has 2 aromatic carbocycles. The van der Waals surface area contributed by atoms with Crippen molar-refractivity contribution in [1.29, 1.82) is 0 Å². The average molecular weight is 491 g/mol. The largest absolute Gasteiger partial charge is 0.493 e. The van der Waals surface area contributed by atoms with E-state index >= 15 is 0 Å². The minimum Gasteiger partial charge on any atom is -0.493 e. The van der Waals surface area contributed by atoms with Crippen LogP contribution < -0.4 is 14.8 Å². The Hall–Kier alpha value is -2.78. The van der Waals surface area contributed by atoms with Gasteiger partial charge in [0.05, 0.1) is 17.7 Å². The lowest BCUT2D eigenvalue weighted by Gasteiger charge is -2.11. The van der Waals surface area contributed by atoms with E-state index in [0.29, 0.717) is 25.9 Å². The number of amidine groups is 1. The van der Waals surface area contributed by atoms with Crippen molar-refractivity contribution in [3.8, 4) is 11.5 Å². The Balaban J connectivity index is 1.82. The zero-order chi connectivity index (χ0) is 21.7. The van der Waals surface area contributed by atoms with Crippen LogP contribution in [0.3, 0.4) is 0 Å². The Morgan fingerprint density at radius 3 is 2.63 bits per heavy atom. The second kappa shape index (κ2) is 9.82. The first kappa shape index (κ1) is 21.9. The lowest BCUT2D eigenvalue weighted by molar-refractivity contribution is -0.139. The molecule has 1 fully saturated rings. The van der Waals surface area contributed by atoms with Crippen LogP contribution in [-0.2, 0) is 16.0 Å². The Bertz CT molecular complexity index is 1030. The zero-order valence-corrected chi connectivity index (χ0v) is 18.7. The van der Waals surface area contributed by atoms with Crippen molar-refractivity contribution in [3.05, 3.63) is 56.9 Å². The van der Waals surface area contributed by atoms with E-state index < -0.39 is 12.6 Å². The van der Waals surface area contributed by atoms with Crippen molar-refractivity contribution in [3.63, 3.8) is 0 Å². The molecule has 0 aliphatic carbocycles. The van der Waals surface area contributed by atoms with Gasteiger partial charge in [0.2, 0.25) is 0 Å². The van der Waals surface area contributed by atoms with E-state index in [1.807, 2.05) is 24.3 Å². The molecule has 3 rings (SSSR count). The Morgan fingerprint density at radius 2 is 2.00 bits per heavy atom. The Morgan fingerprint density at radius 1 is 1.27 bits per heavy atom. The molecule has 0 saturated carbocycles. The molecular formula is C21H19BrN2O5S. The summed E-state index contributed by atoms with van der Waals surface area (Å²) in [6, 6.07) is 11.1. The highest BCUT2D eigenvalue weighted by Gasteiger charge is 2.24. The molecule has 0 atom stereocenters. The predicted octanol–water partition coefficient (Wildman–Crippen LogP) is 4.38. The highest BCUT2D eigenvalue weighted by molar-refractivity contribution is 9.10. The van der Waals surface area contributed by atoms with Crippen LogP contribution in [-0.4, -0.2) is 35.9 Å². The minimum absolute atomic E-state index is 0.249. The first-order valence-corrected chi connectivity index (χ1v) is 10.6. The topological polar surface area (TPSA) is 97.2 Å². The lowest BCUT2D eigenvalue weighted by atomic mass is 10.2. The fraction of sp³-hybridized carbons (Fsp3) is 0.190. The summed E-state index contributed by atoms with van der Waals surface area (Å²) < 4.78 is 11.2. The van der Waals surface area contributed by atoms with Gasteiger partial charge in [-0.05, 0) is 59.7 Å². The molecule has 0 unspecified atom stereocenters. The molecule has 1 aliphatic rings. The molecule has 30 heavy (non-hydrogen) atoms. The molecule has 1 amide bonds. The number of rotatable bonds is 7. The van der Waals surface area contributed by atoms with Gasteiger partial charge in [0.1, 0.15) is 0 Å². The third kappa shape index (κ3) is 5.43. The maximum absolute atomic E-state index is 12.4. The summed E-state index contributed by atoms with van der Waals surface area (Å²) in [4.78, 5) is 28.1. The molecular weight excluding hydrogens is 472 g/mol. The van der Waals surface area contributed by atoms with E-state index in [1.165, 1.54) is 24.4 Å². The minimum atomic E-state index is -1.09. The molecule has 2 N–H and O–H groups in total. The first-order valence-electron chi connectivity index (χ1n) is 9.00. The summed E-state index contributed by atoms with van der Waals surface area (Å²) in [5.74, 6) is -0.689. The number of hydrogen-bond donors (Lipinski definition) is 2. The molecule has 7 nitrogen and oxygen atoms in total. The molecule has 0 aromatic heterocycles. The summed E-state index contributed by atoms with van der Waals surface area (Å²) in [6.07, 6.45) is 2.66. The van der Waals surface area contributed by atoms with Gasteiger partial charge >= 0.3 is 5.97 Å². The Kier molecular flexibility index (Phi) is 7.17. The number of ether oxygens (including phenoxy) is 2. The quantitative estimate of drug-likeness (QED) is 0.559. The summed E-state index contributed by atoms with van der Waals surface area (Å²) in [5, 5.41) is 12.1. The summed E-state index contributed by atoms with van der Waals surface area (Å²) >= 11 is 4.67. The van der Waals surface area contributed by atoms with Crippen LogP contribution >= 0.6 is 27.7 Å². The highest BCUT2D eigenvalue weighted by Crippen LogP contribution is 2.36. The van der Waals surface area contributed by atoms with Crippen LogP contribution in [0, 0.1) is 0 Å². The van der Waals surface area contributed by atoms with Crippen molar-refractivity contribution >= 4 is 56.5 Å². The number of aryl methyl sites for hydroxylation is 1. The van der Waals surface area contributed by atoms with E-state index in [0.717, 1.165) is 12.1 Å². The monoisotopic (exact) mass is 490 g/mol. The maximum atomic E-state index is 12.4. The van der Waals surface area contributed by atoms with Gasteiger partial charge in [0, 0.05) is 4.47 Å². The number of carbonyl (C=O) groups is 2. The number of methoxy groups -OCH3 is 1. The van der Waals surface area contributed by atoms with Gasteiger partial charge in [-0.2, -0.15) is 0 Å². The van der Waals surface area contributed by atoms with Gasteiger partial charge in [-0.3, -0.25) is 4.79 Å². The average Bonchev–Trinajstić information content (AvgIpc) is 3.07. The van der Waals surface area contributed by atoms with Gasteiger partial charge in [-0.15, -0.1) is 0 Å². The fourth-order valence-corrected chi connectivity index (χ4v) is 3.89. The maximum Gasteiger partial charge on any atom is 0.341 e. The number of carbonyl (C=O) groups excluding carboxylic acids is 1. The van der Waals surface area contributed by atoms with E-state index in [1.54, 1.807) is 18.2 Å². The SMILES string of the molecule is CCc1ccc(N=C2NC(=O)C(=Cc3cc(OC)c(OCC(=O)O)cc3Br)S2)cc1. The zero-order valence-electron chi connectivity index (χ0n) is 16.3. The van der Waals surface area contributed by atoms with Gasteiger partial charge in [0.25, 0.3) is 5.91 Å². The molecule has 1 aliphatic heterocycles. The number of nitrogens with zero attached hydrogens (tertiary/aromatic N) is 1. The molecule has 156 valence electrons. The van der Waals surface area contributed by atoms with Crippen molar-refractivity contribution in [2.24, 2.45) is 4.99 Å². The number of carboxylic acid groups (broad SMARTS) is 1. The molecule has 0 radical (unpaired) electrons. The van der Waals surface area contributed by atoms with Crippen LogP contribution in [0.15, 0.2) is 50.8 Å². The normalized spacial score (nSPS) is 16.0. The number of nitrogens with one attached hydrogen (secondary N) is 1. The van der Waals surface area contributed by atoms with Crippen molar-refractivity contribution in [2.75, 3.05) is 13.7 Å². The number of hydrogen-bond acceptors (Lipinski definition) is 6. The van der Waals surface area contributed by atoms with Crippen LogP contribution in [0.25, 0.3) is 6.08 Å². The lowest BCUT2D eigenvalue weighted by Crippen LogP contribution is -2.19. The summed E-state index contributed by atoms with van der Waals surface area (Å²) in [6.45, 7) is 1.60. The number of aliphatic imine (C=N–C) groups is 1. The summed E-state index contributed by atoms with van der Waals surface area (Å²) in [5.41, 5.74) is 2.66. The number of amides is 1. The number of aliphatic carboxylic acids is 1. The van der Waals surface area contributed by atoms with Crippen LogP contribution in [0.1, 0.15) is 18.1 Å². The van der Waals surface area contributed by atoms with Gasteiger partial charge in [0.15, 0.2) is 23.3 Å². The highest BCUT2D eigenvalue weighted by atomic mass is 79.9. The molecule has 9 heteroatoms. The molecule has 2 aromatic rings. The van der Waals surface area contributed by atoms with Gasteiger partial charge in [-0.25, -0.2) is 9.79 Å². The number of thioether (sulfide) groups is 1. The third-order valence-electron chi connectivity index (χ3n) is 4.15. The van der Waals surface area contributed by atoms with E-state index in [-0.39, 0.29) is 11.7 Å². The van der Waals surface area contributed by atoms with Gasteiger partial charge in [-0.1, -0.05) is 35.0 Å². The smallest absolute Gasteiger partial charge is 0.341 e. The molecule has 0 bridgehead atoms. The second-order valence-corrected chi connectivity index (χ2v) is 8.09. The van der Waals surface area contributed by atoms with E-state index in [9.17, 15) is 9.59 Å². The van der Waals surface area contributed by atoms with Crippen molar-refractivity contribution in [1.82, 2.24) is 5.32 Å². The third-order valence-corrected chi connectivity index (χ3v) is 5.74. The van der Waals surface area contributed by atoms with E-state index in [4.69, 9.17) is 14.6 Å². The molecule has 0 spiro atoms. The first-order chi connectivity index (χ1) is 14.4. The van der Waals surface area contributed by atoms with Crippen molar-refractivity contribution < 1.29 is 24.2 Å². The number of benzene rings is 2. The number of halogens is 1. The molecule has 1 saturated heterocycles. The van der Waals surface area contributed by atoms with Crippen LogP contribution in [0.2, 0.25) is 0 Å².